The Bertz CT molecular complexity index is 2330. The van der Waals surface area contributed by atoms with Crippen molar-refractivity contribution in [1.29, 1.82) is 0 Å². The van der Waals surface area contributed by atoms with Gasteiger partial charge in [0.15, 0.2) is 0 Å². The highest BCUT2D eigenvalue weighted by Crippen LogP contribution is 2.52. The molecule has 0 unspecified atom stereocenters. The van der Waals surface area contributed by atoms with Crippen molar-refractivity contribution in [1.82, 2.24) is 0 Å². The van der Waals surface area contributed by atoms with Crippen LogP contribution in [0.4, 0.5) is 17.1 Å². The number of benzene rings is 4. The highest BCUT2D eigenvalue weighted by molar-refractivity contribution is 6.97. The smallest absolute Gasteiger partial charge is 0.291 e. The van der Waals surface area contributed by atoms with Crippen molar-refractivity contribution in [3.8, 4) is 0 Å². The van der Waals surface area contributed by atoms with Crippen molar-refractivity contribution in [2.75, 3.05) is 4.90 Å². The molecule has 4 aromatic carbocycles. The lowest BCUT2D eigenvalue weighted by molar-refractivity contribution is 0.331. The number of nitrogens with zero attached hydrogens (tertiary/aromatic N) is 1. The van der Waals surface area contributed by atoms with Crippen LogP contribution in [0, 0.1) is 6.92 Å². The van der Waals surface area contributed by atoms with E-state index in [0.717, 1.165) is 11.2 Å². The van der Waals surface area contributed by atoms with Gasteiger partial charge in [-0.25, -0.2) is 0 Å². The topological polar surface area (TPSA) is 16.4 Å². The average molecular weight is 716 g/mol. The molecule has 2 heterocycles. The maximum Gasteiger partial charge on any atom is 0.291 e. The number of fused-ring (bicyclic) bond motifs is 6. The Morgan fingerprint density at radius 2 is 0.907 bits per heavy atom. The van der Waals surface area contributed by atoms with Gasteiger partial charge >= 0.3 is 0 Å². The van der Waals surface area contributed by atoms with Gasteiger partial charge in [-0.15, -0.1) is 0 Å². The Kier molecular flexibility index (Phi) is 7.46. The van der Waals surface area contributed by atoms with Crippen LogP contribution >= 0.6 is 0 Å². The zero-order chi connectivity index (χ0) is 38.5. The summed E-state index contributed by atoms with van der Waals surface area (Å²) in [5.41, 5.74) is 19.7. The van der Waals surface area contributed by atoms with E-state index < -0.39 is 0 Å². The van der Waals surface area contributed by atoms with E-state index in [0.29, 0.717) is 0 Å². The standard InChI is InChI=1S/C51H62BNO/c1-31-24-33-36(49(8,9)21-18-46(33,2)3)28-42(31)53-41-17-15-14-16-39(41)52(40-27-35-37(29-43(40)53)50(10,11)22-20-48(35,6)7)45-26-32-25-34-38(30-44(32)54-45)51(12,13)23-19-47(34,4)5/h14-17,24-30H,18-23H2,1-13H3. The van der Waals surface area contributed by atoms with Crippen LogP contribution in [0.3, 0.4) is 0 Å². The third-order valence-corrected chi connectivity index (χ3v) is 15.2. The Labute approximate surface area is 326 Å². The highest BCUT2D eigenvalue weighted by Gasteiger charge is 2.45. The quantitative estimate of drug-likeness (QED) is 0.166. The fourth-order valence-corrected chi connectivity index (χ4v) is 11.1. The van der Waals surface area contributed by atoms with Gasteiger partial charge in [0.25, 0.3) is 6.71 Å². The Balaban J connectivity index is 1.33. The van der Waals surface area contributed by atoms with E-state index in [1.165, 1.54) is 111 Å². The summed E-state index contributed by atoms with van der Waals surface area (Å²) in [4.78, 5) is 2.64. The molecule has 3 aliphatic carbocycles. The van der Waals surface area contributed by atoms with Gasteiger partial charge in [-0.1, -0.05) is 113 Å². The fourth-order valence-electron chi connectivity index (χ4n) is 11.1. The predicted octanol–water partition coefficient (Wildman–Crippen LogP) is 12.1. The maximum absolute atomic E-state index is 7.16. The predicted molar refractivity (Wildman–Crippen MR) is 233 cm³/mol. The molecule has 0 atom stereocenters. The summed E-state index contributed by atoms with van der Waals surface area (Å²) >= 11 is 0. The molecule has 0 N–H and O–H groups in total. The van der Waals surface area contributed by atoms with E-state index in [4.69, 9.17) is 4.42 Å². The van der Waals surface area contributed by atoms with Crippen LogP contribution in [-0.2, 0) is 32.5 Å². The molecule has 3 heteroatoms. The molecule has 9 rings (SSSR count). The normalized spacial score (nSPS) is 22.2. The fraction of sp³-hybridized carbons (Fsp3) is 0.490. The van der Waals surface area contributed by atoms with E-state index in [1.54, 1.807) is 0 Å². The molecule has 4 aliphatic rings. The Morgan fingerprint density at radius 1 is 0.463 bits per heavy atom. The third-order valence-electron chi connectivity index (χ3n) is 15.2. The van der Waals surface area contributed by atoms with Crippen LogP contribution in [0.25, 0.3) is 11.0 Å². The monoisotopic (exact) mass is 715 g/mol. The zero-order valence-corrected chi connectivity index (χ0v) is 35.5. The molecule has 0 saturated carbocycles. The first kappa shape index (κ1) is 36.0. The molecule has 0 fully saturated rings. The Morgan fingerprint density at radius 3 is 1.46 bits per heavy atom. The summed E-state index contributed by atoms with van der Waals surface area (Å²) in [6.07, 6.45) is 7.19. The van der Waals surface area contributed by atoms with Crippen LogP contribution in [0.2, 0.25) is 0 Å². The van der Waals surface area contributed by atoms with Crippen molar-refractivity contribution in [3.63, 3.8) is 0 Å². The van der Waals surface area contributed by atoms with Crippen molar-refractivity contribution in [2.45, 2.75) is 161 Å². The van der Waals surface area contributed by atoms with Crippen molar-refractivity contribution >= 4 is 51.3 Å². The number of anilines is 3. The first-order chi connectivity index (χ1) is 25.1. The molecule has 0 radical (unpaired) electrons. The average Bonchev–Trinajstić information content (AvgIpc) is 3.52. The summed E-state index contributed by atoms with van der Waals surface area (Å²) < 4.78 is 7.16. The second-order valence-corrected chi connectivity index (χ2v) is 21.9. The maximum atomic E-state index is 7.16. The lowest BCUT2D eigenvalue weighted by atomic mass is 9.36. The molecule has 2 nitrogen and oxygen atoms in total. The minimum absolute atomic E-state index is 0.0163. The summed E-state index contributed by atoms with van der Waals surface area (Å²) in [5, 5.41) is 1.23. The van der Waals surface area contributed by atoms with Crippen molar-refractivity contribution in [2.24, 2.45) is 0 Å². The Hall–Kier alpha value is -3.72. The minimum atomic E-state index is -0.0163. The summed E-state index contributed by atoms with van der Waals surface area (Å²) in [6.45, 7) is 31.6. The molecule has 0 saturated heterocycles. The van der Waals surface area contributed by atoms with Gasteiger partial charge in [0.05, 0.1) is 5.66 Å². The number of hydrogen-bond acceptors (Lipinski definition) is 2. The van der Waals surface area contributed by atoms with Gasteiger partial charge in [-0.2, -0.15) is 0 Å². The highest BCUT2D eigenvalue weighted by atomic mass is 16.3. The first-order valence-corrected chi connectivity index (χ1v) is 20.9. The molecular formula is C51H62BNO. The molecular weight excluding hydrogens is 653 g/mol. The molecule has 1 aromatic heterocycles. The van der Waals surface area contributed by atoms with Gasteiger partial charge in [0.2, 0.25) is 0 Å². The molecule has 0 amide bonds. The summed E-state index contributed by atoms with van der Waals surface area (Å²) in [7, 11) is 0. The largest absolute Gasteiger partial charge is 0.470 e. The first-order valence-electron chi connectivity index (χ1n) is 20.9. The van der Waals surface area contributed by atoms with E-state index >= 15 is 0 Å². The van der Waals surface area contributed by atoms with Gasteiger partial charge in [-0.3, -0.25) is 0 Å². The number of aryl methyl sites for hydroxylation is 1. The van der Waals surface area contributed by atoms with Crippen LogP contribution in [0.5, 0.6) is 0 Å². The molecule has 1 aliphatic heterocycles. The summed E-state index contributed by atoms with van der Waals surface area (Å²) in [6, 6.07) is 26.8. The van der Waals surface area contributed by atoms with Gasteiger partial charge in [0.1, 0.15) is 5.58 Å². The van der Waals surface area contributed by atoms with Crippen molar-refractivity contribution in [3.05, 3.63) is 106 Å². The van der Waals surface area contributed by atoms with Crippen LogP contribution in [0.15, 0.2) is 71.1 Å². The van der Waals surface area contributed by atoms with E-state index in [-0.39, 0.29) is 39.2 Å². The van der Waals surface area contributed by atoms with Crippen LogP contribution in [-0.4, -0.2) is 6.71 Å². The van der Waals surface area contributed by atoms with E-state index in [2.05, 4.69) is 162 Å². The van der Waals surface area contributed by atoms with E-state index in [1.807, 2.05) is 0 Å². The zero-order valence-electron chi connectivity index (χ0n) is 35.5. The number of hydrogen-bond donors (Lipinski definition) is 0. The molecule has 54 heavy (non-hydrogen) atoms. The molecule has 5 aromatic rings. The van der Waals surface area contributed by atoms with Crippen LogP contribution < -0.4 is 21.5 Å². The van der Waals surface area contributed by atoms with Crippen molar-refractivity contribution < 1.29 is 4.42 Å². The SMILES string of the molecule is Cc1cc2c(cc1N1c3ccccc3B(c3cc4cc5c(cc4o3)C(C)(C)CCC5(C)C)c3cc4c(cc31)C(C)(C)CCC4(C)C)C(C)(C)CCC2(C)C. The van der Waals surface area contributed by atoms with Gasteiger partial charge in [-0.05, 0) is 164 Å². The third kappa shape index (κ3) is 5.19. The summed E-state index contributed by atoms with van der Waals surface area (Å²) in [5.74, 6) is 0. The number of furan rings is 1. The number of para-hydroxylation sites is 1. The minimum Gasteiger partial charge on any atom is -0.470 e. The lowest BCUT2D eigenvalue weighted by Crippen LogP contribution is -2.57. The second kappa shape index (κ2) is 11.2. The van der Waals surface area contributed by atoms with Gasteiger partial charge < -0.3 is 9.32 Å². The molecule has 280 valence electrons. The van der Waals surface area contributed by atoms with Crippen LogP contribution in [0.1, 0.15) is 161 Å². The van der Waals surface area contributed by atoms with E-state index in [9.17, 15) is 0 Å². The number of rotatable bonds is 2. The second-order valence-electron chi connectivity index (χ2n) is 21.9. The lowest BCUT2D eigenvalue weighted by Gasteiger charge is -2.46. The van der Waals surface area contributed by atoms with Gasteiger partial charge in [0, 0.05) is 22.4 Å². The molecule has 0 spiro atoms. The molecule has 0 bridgehead atoms.